The normalized spacial score (nSPS) is 17.3. The third-order valence-corrected chi connectivity index (χ3v) is 4.57. The fourth-order valence-corrected chi connectivity index (χ4v) is 3.32. The number of anilines is 1. The average Bonchev–Trinajstić information content (AvgIpc) is 2.69. The number of aromatic nitrogens is 3. The molecule has 0 N–H and O–H groups in total. The van der Waals surface area contributed by atoms with Gasteiger partial charge in [0.15, 0.2) is 5.82 Å². The highest BCUT2D eigenvalue weighted by Gasteiger charge is 2.25. The van der Waals surface area contributed by atoms with Crippen molar-refractivity contribution in [2.24, 2.45) is 0 Å². The first-order chi connectivity index (χ1) is 12.8. The van der Waals surface area contributed by atoms with Crippen molar-refractivity contribution in [1.82, 2.24) is 15.0 Å². The minimum Gasteiger partial charge on any atom is -0.377 e. The standard InChI is InChI=1S/C21H22N4O/c1-16-13-20(24-21(23-16)19-9-5-6-10-22-19)25-11-12-26-15-18(25)14-17-7-3-2-4-8-17/h2-10,13,18H,11-12,14-15H2,1H3. The monoisotopic (exact) mass is 346 g/mol. The van der Waals surface area contributed by atoms with E-state index >= 15 is 0 Å². The Balaban J connectivity index is 1.65. The second-order valence-corrected chi connectivity index (χ2v) is 6.52. The molecule has 0 radical (unpaired) electrons. The Kier molecular flexibility index (Phi) is 4.88. The topological polar surface area (TPSA) is 51.1 Å². The van der Waals surface area contributed by atoms with Gasteiger partial charge in [0.05, 0.1) is 19.3 Å². The molecule has 0 bridgehead atoms. The molecule has 4 rings (SSSR count). The summed E-state index contributed by atoms with van der Waals surface area (Å²) in [4.78, 5) is 16.1. The zero-order chi connectivity index (χ0) is 17.8. The van der Waals surface area contributed by atoms with Gasteiger partial charge in [0.25, 0.3) is 0 Å². The number of morpholine rings is 1. The number of aryl methyl sites for hydroxylation is 1. The van der Waals surface area contributed by atoms with Crippen LogP contribution in [0.1, 0.15) is 11.3 Å². The van der Waals surface area contributed by atoms with Crippen molar-refractivity contribution in [2.75, 3.05) is 24.7 Å². The maximum atomic E-state index is 5.75. The van der Waals surface area contributed by atoms with Gasteiger partial charge in [-0.1, -0.05) is 36.4 Å². The quantitative estimate of drug-likeness (QED) is 0.725. The summed E-state index contributed by atoms with van der Waals surface area (Å²) in [5, 5.41) is 0. The molecule has 5 heteroatoms. The Bertz CT molecular complexity index is 854. The molecular weight excluding hydrogens is 324 g/mol. The van der Waals surface area contributed by atoms with Gasteiger partial charge in [0, 0.05) is 24.5 Å². The fraction of sp³-hybridized carbons (Fsp3) is 0.286. The van der Waals surface area contributed by atoms with Crippen LogP contribution >= 0.6 is 0 Å². The maximum absolute atomic E-state index is 5.75. The molecule has 3 heterocycles. The predicted octanol–water partition coefficient (Wildman–Crippen LogP) is 3.29. The summed E-state index contributed by atoms with van der Waals surface area (Å²) in [7, 11) is 0. The molecule has 1 atom stereocenters. The molecule has 1 fully saturated rings. The van der Waals surface area contributed by atoms with E-state index in [9.17, 15) is 0 Å². The summed E-state index contributed by atoms with van der Waals surface area (Å²) in [5.41, 5.74) is 3.05. The molecule has 5 nitrogen and oxygen atoms in total. The van der Waals surface area contributed by atoms with Crippen LogP contribution in [0, 0.1) is 6.92 Å². The average molecular weight is 346 g/mol. The van der Waals surface area contributed by atoms with E-state index in [4.69, 9.17) is 9.72 Å². The van der Waals surface area contributed by atoms with Crippen molar-refractivity contribution >= 4 is 5.82 Å². The fourth-order valence-electron chi connectivity index (χ4n) is 3.32. The van der Waals surface area contributed by atoms with E-state index < -0.39 is 0 Å². The number of nitrogens with zero attached hydrogens (tertiary/aromatic N) is 4. The molecule has 0 aliphatic carbocycles. The van der Waals surface area contributed by atoms with Gasteiger partial charge < -0.3 is 9.64 Å². The van der Waals surface area contributed by atoms with Crippen LogP contribution in [0.15, 0.2) is 60.8 Å². The largest absolute Gasteiger partial charge is 0.377 e. The lowest BCUT2D eigenvalue weighted by molar-refractivity contribution is 0.0936. The van der Waals surface area contributed by atoms with E-state index in [-0.39, 0.29) is 6.04 Å². The van der Waals surface area contributed by atoms with Crippen LogP contribution in [0.5, 0.6) is 0 Å². The summed E-state index contributed by atoms with van der Waals surface area (Å²) in [6, 6.07) is 18.7. The van der Waals surface area contributed by atoms with Gasteiger partial charge in [-0.15, -0.1) is 0 Å². The molecule has 1 aromatic carbocycles. The highest BCUT2D eigenvalue weighted by atomic mass is 16.5. The lowest BCUT2D eigenvalue weighted by Crippen LogP contribution is -2.47. The number of pyridine rings is 1. The van der Waals surface area contributed by atoms with Crippen LogP contribution in [0.2, 0.25) is 0 Å². The molecule has 1 aliphatic heterocycles. The molecule has 0 amide bonds. The van der Waals surface area contributed by atoms with Gasteiger partial charge in [0.2, 0.25) is 0 Å². The second-order valence-electron chi connectivity index (χ2n) is 6.52. The lowest BCUT2D eigenvalue weighted by Gasteiger charge is -2.37. The lowest BCUT2D eigenvalue weighted by atomic mass is 10.0. The van der Waals surface area contributed by atoms with Crippen LogP contribution in [0.4, 0.5) is 5.82 Å². The Hall–Kier alpha value is -2.79. The van der Waals surface area contributed by atoms with Crippen molar-refractivity contribution in [3.8, 4) is 11.5 Å². The molecule has 132 valence electrons. The Morgan fingerprint density at radius 2 is 1.92 bits per heavy atom. The minimum atomic E-state index is 0.261. The van der Waals surface area contributed by atoms with Crippen molar-refractivity contribution < 1.29 is 4.74 Å². The number of rotatable bonds is 4. The van der Waals surface area contributed by atoms with E-state index in [1.54, 1.807) is 6.20 Å². The first-order valence-corrected chi connectivity index (χ1v) is 8.95. The number of benzene rings is 1. The zero-order valence-electron chi connectivity index (χ0n) is 14.9. The highest BCUT2D eigenvalue weighted by Crippen LogP contribution is 2.23. The molecule has 2 aromatic heterocycles. The summed E-state index contributed by atoms with van der Waals surface area (Å²) in [6.45, 7) is 4.25. The van der Waals surface area contributed by atoms with Crippen molar-refractivity contribution in [1.29, 1.82) is 0 Å². The van der Waals surface area contributed by atoms with Crippen LogP contribution in [-0.2, 0) is 11.2 Å². The Morgan fingerprint density at radius 3 is 2.73 bits per heavy atom. The number of ether oxygens (including phenoxy) is 1. The summed E-state index contributed by atoms with van der Waals surface area (Å²) in [5.74, 6) is 1.62. The van der Waals surface area contributed by atoms with Gasteiger partial charge >= 0.3 is 0 Å². The van der Waals surface area contributed by atoms with E-state index in [0.717, 1.165) is 30.2 Å². The van der Waals surface area contributed by atoms with Gasteiger partial charge in [-0.3, -0.25) is 4.98 Å². The van der Waals surface area contributed by atoms with Crippen molar-refractivity contribution in [2.45, 2.75) is 19.4 Å². The van der Waals surface area contributed by atoms with Gasteiger partial charge in [-0.05, 0) is 31.0 Å². The SMILES string of the molecule is Cc1cc(N2CCOCC2Cc2ccccc2)nc(-c2ccccn2)n1. The Morgan fingerprint density at radius 1 is 1.08 bits per heavy atom. The maximum Gasteiger partial charge on any atom is 0.180 e. The Labute approximate surface area is 153 Å². The molecule has 0 saturated carbocycles. The first kappa shape index (κ1) is 16.7. The first-order valence-electron chi connectivity index (χ1n) is 8.95. The predicted molar refractivity (Wildman–Crippen MR) is 102 cm³/mol. The summed E-state index contributed by atoms with van der Waals surface area (Å²) in [6.07, 6.45) is 2.70. The molecule has 0 spiro atoms. The van der Waals surface area contributed by atoms with Gasteiger partial charge in [-0.25, -0.2) is 9.97 Å². The van der Waals surface area contributed by atoms with E-state index in [2.05, 4.69) is 45.2 Å². The highest BCUT2D eigenvalue weighted by molar-refractivity contribution is 5.54. The molecule has 1 unspecified atom stereocenters. The van der Waals surface area contributed by atoms with Crippen LogP contribution in [-0.4, -0.2) is 40.8 Å². The molecule has 1 saturated heterocycles. The van der Waals surface area contributed by atoms with E-state index in [1.165, 1.54) is 5.56 Å². The second kappa shape index (κ2) is 7.62. The third kappa shape index (κ3) is 3.73. The zero-order valence-corrected chi connectivity index (χ0v) is 14.9. The molecule has 26 heavy (non-hydrogen) atoms. The van der Waals surface area contributed by atoms with E-state index in [1.807, 2.05) is 31.2 Å². The van der Waals surface area contributed by atoms with Crippen LogP contribution < -0.4 is 4.90 Å². The molecular formula is C21H22N4O. The smallest absolute Gasteiger partial charge is 0.180 e. The third-order valence-electron chi connectivity index (χ3n) is 4.57. The number of hydrogen-bond acceptors (Lipinski definition) is 5. The van der Waals surface area contributed by atoms with Crippen molar-refractivity contribution in [3.63, 3.8) is 0 Å². The van der Waals surface area contributed by atoms with Crippen molar-refractivity contribution in [3.05, 3.63) is 72.1 Å². The summed E-state index contributed by atoms with van der Waals surface area (Å²) >= 11 is 0. The molecule has 3 aromatic rings. The van der Waals surface area contributed by atoms with E-state index in [0.29, 0.717) is 19.0 Å². The molecule has 1 aliphatic rings. The summed E-state index contributed by atoms with van der Waals surface area (Å²) < 4.78 is 5.75. The van der Waals surface area contributed by atoms with Crippen LogP contribution in [0.3, 0.4) is 0 Å². The van der Waals surface area contributed by atoms with Gasteiger partial charge in [-0.2, -0.15) is 0 Å². The van der Waals surface area contributed by atoms with Crippen LogP contribution in [0.25, 0.3) is 11.5 Å². The number of hydrogen-bond donors (Lipinski definition) is 0. The minimum absolute atomic E-state index is 0.261. The van der Waals surface area contributed by atoms with Gasteiger partial charge in [0.1, 0.15) is 11.5 Å².